The van der Waals surface area contributed by atoms with Crippen LogP contribution in [0.4, 0.5) is 5.69 Å². The van der Waals surface area contributed by atoms with Crippen molar-refractivity contribution >= 4 is 17.3 Å². The largest absolute Gasteiger partial charge is 0.370 e. The van der Waals surface area contributed by atoms with Gasteiger partial charge in [0.15, 0.2) is 0 Å². The Morgan fingerprint density at radius 2 is 2.10 bits per heavy atom. The lowest BCUT2D eigenvalue weighted by Crippen LogP contribution is -2.27. The molecule has 2 nitrogen and oxygen atoms in total. The summed E-state index contributed by atoms with van der Waals surface area (Å²) in [6, 6.07) is 6.32. The summed E-state index contributed by atoms with van der Waals surface area (Å²) in [5.74, 6) is 0.888. The molecule has 1 N–H and O–H groups in total. The van der Waals surface area contributed by atoms with E-state index in [1.807, 2.05) is 6.07 Å². The van der Waals surface area contributed by atoms with Crippen LogP contribution in [-0.2, 0) is 6.54 Å². The average molecular weight is 309 g/mol. The fraction of sp³-hybridized carbons (Fsp3) is 0.667. The Balaban J connectivity index is 2.13. The molecule has 1 saturated heterocycles. The summed E-state index contributed by atoms with van der Waals surface area (Å²) in [5.41, 5.74) is 2.60. The molecule has 1 aromatic rings. The van der Waals surface area contributed by atoms with Gasteiger partial charge in [-0.3, -0.25) is 0 Å². The lowest BCUT2D eigenvalue weighted by Gasteiger charge is -2.27. The molecular weight excluding hydrogens is 280 g/mol. The highest BCUT2D eigenvalue weighted by Crippen LogP contribution is 2.33. The molecule has 1 aliphatic rings. The smallest absolute Gasteiger partial charge is 0.0642 e. The van der Waals surface area contributed by atoms with Gasteiger partial charge in [0.1, 0.15) is 0 Å². The van der Waals surface area contributed by atoms with Crippen LogP contribution < -0.4 is 10.2 Å². The first-order valence-corrected chi connectivity index (χ1v) is 8.87. The number of hydrogen-bond acceptors (Lipinski definition) is 2. The van der Waals surface area contributed by atoms with Gasteiger partial charge in [-0.15, -0.1) is 0 Å². The normalized spacial score (nSPS) is 19.6. The van der Waals surface area contributed by atoms with E-state index in [1.54, 1.807) is 0 Å². The van der Waals surface area contributed by atoms with E-state index in [0.717, 1.165) is 43.5 Å². The van der Waals surface area contributed by atoms with Crippen molar-refractivity contribution < 1.29 is 0 Å². The molecule has 1 aliphatic heterocycles. The Labute approximate surface area is 134 Å². The van der Waals surface area contributed by atoms with E-state index < -0.39 is 0 Å². The Hall–Kier alpha value is -0.730. The minimum atomic E-state index is 0.888. The van der Waals surface area contributed by atoms with Crippen molar-refractivity contribution in [3.05, 3.63) is 28.8 Å². The molecular formula is C18H29ClN2. The van der Waals surface area contributed by atoms with Crippen molar-refractivity contribution in [2.75, 3.05) is 24.5 Å². The summed E-state index contributed by atoms with van der Waals surface area (Å²) in [7, 11) is 0. The van der Waals surface area contributed by atoms with Crippen LogP contribution in [0.2, 0.25) is 5.02 Å². The van der Waals surface area contributed by atoms with Gasteiger partial charge >= 0.3 is 0 Å². The fourth-order valence-corrected chi connectivity index (χ4v) is 3.57. The van der Waals surface area contributed by atoms with E-state index in [-0.39, 0.29) is 0 Å². The fourth-order valence-electron chi connectivity index (χ4n) is 3.25. The minimum absolute atomic E-state index is 0.888. The third-order valence-corrected chi connectivity index (χ3v) is 4.86. The molecule has 1 heterocycles. The third kappa shape index (κ3) is 4.62. The van der Waals surface area contributed by atoms with Crippen molar-refractivity contribution in [2.45, 2.75) is 52.5 Å². The molecule has 0 bridgehead atoms. The zero-order chi connectivity index (χ0) is 15.1. The molecule has 0 spiro atoms. The molecule has 2 rings (SSSR count). The monoisotopic (exact) mass is 308 g/mol. The average Bonchev–Trinajstić information content (AvgIpc) is 2.73. The highest BCUT2D eigenvalue weighted by atomic mass is 35.5. The molecule has 0 aromatic heterocycles. The Bertz CT molecular complexity index is 433. The van der Waals surface area contributed by atoms with E-state index in [2.05, 4.69) is 36.2 Å². The first-order chi connectivity index (χ1) is 10.3. The molecule has 3 heteroatoms. The predicted octanol–water partition coefficient (Wildman–Crippen LogP) is 4.86. The molecule has 1 unspecified atom stereocenters. The van der Waals surface area contributed by atoms with Crippen molar-refractivity contribution in [1.29, 1.82) is 0 Å². The second-order valence-corrected chi connectivity index (χ2v) is 6.52. The number of hydrogen-bond donors (Lipinski definition) is 1. The predicted molar refractivity (Wildman–Crippen MR) is 93.3 cm³/mol. The van der Waals surface area contributed by atoms with Crippen LogP contribution in [0, 0.1) is 5.92 Å². The maximum Gasteiger partial charge on any atom is 0.0642 e. The van der Waals surface area contributed by atoms with Crippen molar-refractivity contribution in [3.63, 3.8) is 0 Å². The maximum absolute atomic E-state index is 6.53. The van der Waals surface area contributed by atoms with Gasteiger partial charge in [-0.05, 0) is 49.8 Å². The van der Waals surface area contributed by atoms with Crippen LogP contribution in [-0.4, -0.2) is 19.6 Å². The number of para-hydroxylation sites is 1. The molecule has 1 aromatic carbocycles. The number of halogens is 1. The lowest BCUT2D eigenvalue weighted by atomic mass is 9.98. The van der Waals surface area contributed by atoms with Crippen LogP contribution >= 0.6 is 11.6 Å². The first-order valence-electron chi connectivity index (χ1n) is 8.49. The van der Waals surface area contributed by atoms with Gasteiger partial charge in [-0.1, -0.05) is 44.0 Å². The molecule has 0 amide bonds. The van der Waals surface area contributed by atoms with Crippen molar-refractivity contribution in [3.8, 4) is 0 Å². The number of benzene rings is 1. The van der Waals surface area contributed by atoms with Crippen LogP contribution in [0.1, 0.15) is 51.5 Å². The SMILES string of the molecule is CCCNCc1cccc(Cl)c1N1CCCC(CC)CC1. The summed E-state index contributed by atoms with van der Waals surface area (Å²) < 4.78 is 0. The van der Waals surface area contributed by atoms with Crippen LogP contribution in [0.15, 0.2) is 18.2 Å². The summed E-state index contributed by atoms with van der Waals surface area (Å²) in [4.78, 5) is 2.51. The van der Waals surface area contributed by atoms with E-state index in [9.17, 15) is 0 Å². The first kappa shape index (κ1) is 16.6. The van der Waals surface area contributed by atoms with Crippen LogP contribution in [0.25, 0.3) is 0 Å². The molecule has 0 aliphatic carbocycles. The Kier molecular flexibility index (Phi) is 6.85. The van der Waals surface area contributed by atoms with Crippen LogP contribution in [0.5, 0.6) is 0 Å². The van der Waals surface area contributed by atoms with Gasteiger partial charge in [0.25, 0.3) is 0 Å². The zero-order valence-electron chi connectivity index (χ0n) is 13.5. The highest BCUT2D eigenvalue weighted by molar-refractivity contribution is 6.33. The second-order valence-electron chi connectivity index (χ2n) is 6.12. The van der Waals surface area contributed by atoms with Gasteiger partial charge in [0, 0.05) is 19.6 Å². The van der Waals surface area contributed by atoms with Gasteiger partial charge in [-0.25, -0.2) is 0 Å². The number of nitrogens with zero attached hydrogens (tertiary/aromatic N) is 1. The molecule has 0 radical (unpaired) electrons. The topological polar surface area (TPSA) is 15.3 Å². The van der Waals surface area contributed by atoms with Gasteiger partial charge in [-0.2, -0.15) is 0 Å². The summed E-state index contributed by atoms with van der Waals surface area (Å²) in [6.07, 6.45) is 6.41. The van der Waals surface area contributed by atoms with Gasteiger partial charge in [0.05, 0.1) is 10.7 Å². The molecule has 1 atom stereocenters. The highest BCUT2D eigenvalue weighted by Gasteiger charge is 2.19. The summed E-state index contributed by atoms with van der Waals surface area (Å²) in [5, 5.41) is 4.41. The van der Waals surface area contributed by atoms with Crippen molar-refractivity contribution in [1.82, 2.24) is 5.32 Å². The third-order valence-electron chi connectivity index (χ3n) is 4.55. The molecule has 21 heavy (non-hydrogen) atoms. The standard InChI is InChI=1S/C18H29ClN2/c1-3-11-20-14-16-8-5-9-17(19)18(16)21-12-6-7-15(4-2)10-13-21/h5,8-9,15,20H,3-4,6-7,10-14H2,1-2H3. The molecule has 118 valence electrons. The van der Waals surface area contributed by atoms with E-state index in [0.29, 0.717) is 0 Å². The van der Waals surface area contributed by atoms with Crippen LogP contribution in [0.3, 0.4) is 0 Å². The minimum Gasteiger partial charge on any atom is -0.370 e. The Morgan fingerprint density at radius 1 is 1.24 bits per heavy atom. The Morgan fingerprint density at radius 3 is 2.86 bits per heavy atom. The van der Waals surface area contributed by atoms with Crippen molar-refractivity contribution in [2.24, 2.45) is 5.92 Å². The molecule has 0 saturated carbocycles. The van der Waals surface area contributed by atoms with Gasteiger partial charge < -0.3 is 10.2 Å². The number of anilines is 1. The molecule has 1 fully saturated rings. The van der Waals surface area contributed by atoms with E-state index in [1.165, 1.54) is 36.9 Å². The van der Waals surface area contributed by atoms with E-state index >= 15 is 0 Å². The quantitative estimate of drug-likeness (QED) is 0.755. The summed E-state index contributed by atoms with van der Waals surface area (Å²) in [6.45, 7) is 8.77. The number of rotatable bonds is 6. The zero-order valence-corrected chi connectivity index (χ0v) is 14.3. The maximum atomic E-state index is 6.53. The van der Waals surface area contributed by atoms with Gasteiger partial charge in [0.2, 0.25) is 0 Å². The summed E-state index contributed by atoms with van der Waals surface area (Å²) >= 11 is 6.53. The van der Waals surface area contributed by atoms with E-state index in [4.69, 9.17) is 11.6 Å². The number of nitrogens with one attached hydrogen (secondary N) is 1. The second kappa shape index (κ2) is 8.65. The lowest BCUT2D eigenvalue weighted by molar-refractivity contribution is 0.459.